The number of ketones is 1. The van der Waals surface area contributed by atoms with E-state index in [0.717, 1.165) is 12.1 Å². The van der Waals surface area contributed by atoms with Gasteiger partial charge in [0, 0.05) is 25.0 Å². The number of alkyl halides is 3. The maximum atomic E-state index is 12.6. The van der Waals surface area contributed by atoms with Crippen LogP contribution < -0.4 is 0 Å². The Kier molecular flexibility index (Phi) is 3.96. The standard InChI is InChI=1S/C16H10F3N5O/c1-24-8-23-13-4-9(6-22-15(13)24)14(25)11(5-20)12-3-2-10(7-21-12)16(17,18)19/h2-4,6-8,11H,1H3/t11-/m1/s1. The van der Waals surface area contributed by atoms with Crippen LogP contribution in [-0.2, 0) is 13.2 Å². The first kappa shape index (κ1) is 16.6. The SMILES string of the molecule is Cn1cnc2cc(C(=O)[C@H](C#N)c3ccc(C(F)(F)F)cn3)cnc21. The van der Waals surface area contributed by atoms with Crippen LogP contribution in [0.15, 0.2) is 36.9 Å². The number of hydrogen-bond donors (Lipinski definition) is 0. The van der Waals surface area contributed by atoms with Crippen LogP contribution in [0, 0.1) is 11.3 Å². The molecule has 0 aliphatic heterocycles. The van der Waals surface area contributed by atoms with Crippen molar-refractivity contribution in [3.63, 3.8) is 0 Å². The molecule has 3 rings (SSSR count). The van der Waals surface area contributed by atoms with Gasteiger partial charge in [0.05, 0.1) is 23.7 Å². The minimum Gasteiger partial charge on any atom is -0.318 e. The summed E-state index contributed by atoms with van der Waals surface area (Å²) in [5, 5.41) is 9.28. The normalized spacial score (nSPS) is 12.8. The van der Waals surface area contributed by atoms with Crippen molar-refractivity contribution in [2.75, 3.05) is 0 Å². The molecule has 25 heavy (non-hydrogen) atoms. The highest BCUT2D eigenvalue weighted by Crippen LogP contribution is 2.29. The van der Waals surface area contributed by atoms with Crippen LogP contribution in [0.1, 0.15) is 27.5 Å². The Balaban J connectivity index is 1.94. The number of imidazole rings is 1. The number of carbonyl (C=O) groups excluding carboxylic acids is 1. The average molecular weight is 345 g/mol. The molecule has 0 saturated heterocycles. The van der Waals surface area contributed by atoms with Gasteiger partial charge in [-0.1, -0.05) is 0 Å². The largest absolute Gasteiger partial charge is 0.417 e. The fraction of sp³-hybridized carbons (Fsp3) is 0.188. The number of fused-ring (bicyclic) bond motifs is 1. The smallest absolute Gasteiger partial charge is 0.318 e. The van der Waals surface area contributed by atoms with Crippen LogP contribution in [0.25, 0.3) is 11.2 Å². The maximum absolute atomic E-state index is 12.6. The number of nitriles is 1. The zero-order valence-corrected chi connectivity index (χ0v) is 12.8. The van der Waals surface area contributed by atoms with Gasteiger partial charge in [-0.15, -0.1) is 0 Å². The molecule has 0 radical (unpaired) electrons. The van der Waals surface area contributed by atoms with Gasteiger partial charge >= 0.3 is 6.18 Å². The van der Waals surface area contributed by atoms with Gasteiger partial charge < -0.3 is 4.57 Å². The second kappa shape index (κ2) is 5.98. The molecule has 6 nitrogen and oxygen atoms in total. The molecule has 0 bridgehead atoms. The molecule has 0 unspecified atom stereocenters. The lowest BCUT2D eigenvalue weighted by Crippen LogP contribution is -2.14. The molecule has 0 aliphatic carbocycles. The predicted octanol–water partition coefficient (Wildman–Crippen LogP) is 2.87. The molecule has 0 N–H and O–H groups in total. The van der Waals surface area contributed by atoms with E-state index in [4.69, 9.17) is 0 Å². The van der Waals surface area contributed by atoms with E-state index in [2.05, 4.69) is 15.0 Å². The number of pyridine rings is 2. The van der Waals surface area contributed by atoms with Gasteiger partial charge in [0.25, 0.3) is 0 Å². The highest BCUT2D eigenvalue weighted by atomic mass is 19.4. The Morgan fingerprint density at radius 2 is 2.00 bits per heavy atom. The topological polar surface area (TPSA) is 84.5 Å². The van der Waals surface area contributed by atoms with E-state index in [9.17, 15) is 23.2 Å². The summed E-state index contributed by atoms with van der Waals surface area (Å²) in [5.41, 5.74) is 0.182. The lowest BCUT2D eigenvalue weighted by molar-refractivity contribution is -0.137. The Morgan fingerprint density at radius 1 is 1.24 bits per heavy atom. The summed E-state index contributed by atoms with van der Waals surface area (Å²) in [7, 11) is 1.74. The molecular formula is C16H10F3N5O. The molecule has 0 saturated carbocycles. The van der Waals surface area contributed by atoms with E-state index in [1.165, 1.54) is 18.6 Å². The van der Waals surface area contributed by atoms with Crippen LogP contribution in [0.2, 0.25) is 0 Å². The Hall–Kier alpha value is -3.28. The lowest BCUT2D eigenvalue weighted by atomic mass is 9.96. The van der Waals surface area contributed by atoms with Crippen molar-refractivity contribution in [2.45, 2.75) is 12.1 Å². The summed E-state index contributed by atoms with van der Waals surface area (Å²) in [4.78, 5) is 24.4. The minimum atomic E-state index is -4.54. The summed E-state index contributed by atoms with van der Waals surface area (Å²) in [5.74, 6) is -1.93. The molecule has 1 atom stereocenters. The van der Waals surface area contributed by atoms with Crippen molar-refractivity contribution in [1.29, 1.82) is 5.26 Å². The van der Waals surface area contributed by atoms with Crippen LogP contribution in [0.4, 0.5) is 13.2 Å². The van der Waals surface area contributed by atoms with E-state index in [-0.39, 0.29) is 11.3 Å². The van der Waals surface area contributed by atoms with E-state index < -0.39 is 23.4 Å². The summed E-state index contributed by atoms with van der Waals surface area (Å²) in [6.45, 7) is 0. The first-order chi connectivity index (χ1) is 11.8. The second-order valence-corrected chi connectivity index (χ2v) is 5.32. The van der Waals surface area contributed by atoms with Crippen molar-refractivity contribution in [2.24, 2.45) is 7.05 Å². The molecular weight excluding hydrogens is 335 g/mol. The second-order valence-electron chi connectivity index (χ2n) is 5.32. The Morgan fingerprint density at radius 3 is 2.60 bits per heavy atom. The fourth-order valence-electron chi connectivity index (χ4n) is 2.32. The van der Waals surface area contributed by atoms with Crippen LogP contribution in [0.3, 0.4) is 0 Å². The average Bonchev–Trinajstić information content (AvgIpc) is 2.96. The number of hydrogen-bond acceptors (Lipinski definition) is 5. The van der Waals surface area contributed by atoms with E-state index in [1.807, 2.05) is 0 Å². The van der Waals surface area contributed by atoms with Crippen molar-refractivity contribution in [3.8, 4) is 6.07 Å². The molecule has 3 heterocycles. The number of halogens is 3. The van der Waals surface area contributed by atoms with Gasteiger partial charge in [0.1, 0.15) is 5.52 Å². The number of aromatic nitrogens is 4. The van der Waals surface area contributed by atoms with Crippen molar-refractivity contribution in [3.05, 3.63) is 53.7 Å². The summed E-state index contributed by atoms with van der Waals surface area (Å²) in [6, 6.07) is 5.09. The van der Waals surface area contributed by atoms with Gasteiger partial charge in [-0.25, -0.2) is 9.97 Å². The fourth-order valence-corrected chi connectivity index (χ4v) is 2.32. The quantitative estimate of drug-likeness (QED) is 0.682. The number of carbonyl (C=O) groups is 1. The highest BCUT2D eigenvalue weighted by molar-refractivity contribution is 6.03. The zero-order valence-electron chi connectivity index (χ0n) is 12.8. The van der Waals surface area contributed by atoms with Crippen LogP contribution in [-0.4, -0.2) is 25.3 Å². The lowest BCUT2D eigenvalue weighted by Gasteiger charge is -2.10. The first-order valence-corrected chi connectivity index (χ1v) is 7.05. The maximum Gasteiger partial charge on any atom is 0.417 e. The predicted molar refractivity (Wildman–Crippen MR) is 80.4 cm³/mol. The molecule has 0 amide bonds. The van der Waals surface area contributed by atoms with E-state index in [0.29, 0.717) is 17.4 Å². The summed E-state index contributed by atoms with van der Waals surface area (Å²) < 4.78 is 39.4. The van der Waals surface area contributed by atoms with Gasteiger partial charge in [0.15, 0.2) is 17.3 Å². The monoisotopic (exact) mass is 345 g/mol. The Bertz CT molecular complexity index is 986. The summed E-state index contributed by atoms with van der Waals surface area (Å²) in [6.07, 6.45) is -1.09. The highest BCUT2D eigenvalue weighted by Gasteiger charge is 2.32. The molecule has 126 valence electrons. The van der Waals surface area contributed by atoms with Crippen LogP contribution in [0.5, 0.6) is 0 Å². The van der Waals surface area contributed by atoms with Gasteiger partial charge in [0.2, 0.25) is 0 Å². The van der Waals surface area contributed by atoms with Crippen molar-refractivity contribution >= 4 is 16.9 Å². The number of rotatable bonds is 3. The third-order valence-corrected chi connectivity index (χ3v) is 3.64. The molecule has 3 aromatic heterocycles. The number of aryl methyl sites for hydroxylation is 1. The molecule has 0 aliphatic rings. The van der Waals surface area contributed by atoms with Gasteiger partial charge in [-0.3, -0.25) is 9.78 Å². The third-order valence-electron chi connectivity index (χ3n) is 3.64. The van der Waals surface area contributed by atoms with E-state index >= 15 is 0 Å². The Labute approximate surface area is 139 Å². The summed E-state index contributed by atoms with van der Waals surface area (Å²) >= 11 is 0. The molecule has 0 aromatic carbocycles. The van der Waals surface area contributed by atoms with Gasteiger partial charge in [-0.05, 0) is 18.2 Å². The molecule has 9 heteroatoms. The third kappa shape index (κ3) is 3.06. The molecule has 3 aromatic rings. The van der Waals surface area contributed by atoms with Crippen LogP contribution >= 0.6 is 0 Å². The minimum absolute atomic E-state index is 0.0541. The molecule has 0 fully saturated rings. The zero-order chi connectivity index (χ0) is 18.2. The molecule has 0 spiro atoms. The van der Waals surface area contributed by atoms with Crippen molar-refractivity contribution in [1.82, 2.24) is 19.5 Å². The number of Topliss-reactive ketones (excluding diaryl/α,β-unsaturated/α-hetero) is 1. The first-order valence-electron chi connectivity index (χ1n) is 7.05. The van der Waals surface area contributed by atoms with Crippen molar-refractivity contribution < 1.29 is 18.0 Å². The van der Waals surface area contributed by atoms with Gasteiger partial charge in [-0.2, -0.15) is 18.4 Å². The van der Waals surface area contributed by atoms with E-state index in [1.54, 1.807) is 17.7 Å². The number of nitrogens with zero attached hydrogens (tertiary/aromatic N) is 5.